The molecule has 0 amide bonds. The van der Waals surface area contributed by atoms with Crippen molar-refractivity contribution in [1.82, 2.24) is 0 Å². The van der Waals surface area contributed by atoms with Gasteiger partial charge < -0.3 is 4.74 Å². The van der Waals surface area contributed by atoms with Crippen LogP contribution in [0.25, 0.3) is 0 Å². The van der Waals surface area contributed by atoms with Gasteiger partial charge in [0, 0.05) is 6.42 Å². The van der Waals surface area contributed by atoms with Crippen LogP contribution in [0.3, 0.4) is 0 Å². The van der Waals surface area contributed by atoms with E-state index in [2.05, 4.69) is 18.5 Å². The van der Waals surface area contributed by atoms with Crippen molar-refractivity contribution in [1.29, 1.82) is 0 Å². The molecule has 1 fully saturated rings. The summed E-state index contributed by atoms with van der Waals surface area (Å²) in [6, 6.07) is 0. The SMILES string of the molecule is CBC(CCC)CCCC1CCC(=O)OC1=O. The third kappa shape index (κ3) is 4.92. The summed E-state index contributed by atoms with van der Waals surface area (Å²) in [5, 5.41) is 0. The lowest BCUT2D eigenvalue weighted by molar-refractivity contribution is -0.167. The number of hydrogen-bond donors (Lipinski definition) is 0. The Morgan fingerprint density at radius 2 is 2.18 bits per heavy atom. The Kier molecular flexibility index (Phi) is 6.31. The van der Waals surface area contributed by atoms with Crippen LogP contribution in [0.1, 0.15) is 51.9 Å². The Morgan fingerprint density at radius 3 is 2.76 bits per heavy atom. The number of carbonyl (C=O) groups excluding carboxylic acids is 2. The maximum absolute atomic E-state index is 11.4. The molecule has 2 unspecified atom stereocenters. The molecule has 3 nitrogen and oxygen atoms in total. The Labute approximate surface area is 105 Å². The molecular weight excluding hydrogens is 215 g/mol. The van der Waals surface area contributed by atoms with Gasteiger partial charge in [-0.05, 0) is 12.8 Å². The molecule has 1 saturated heterocycles. The fourth-order valence-electron chi connectivity index (χ4n) is 2.53. The van der Waals surface area contributed by atoms with Crippen LogP contribution in [-0.4, -0.2) is 19.2 Å². The number of hydrogen-bond acceptors (Lipinski definition) is 3. The first kappa shape index (κ1) is 14.3. The molecule has 2 atom stereocenters. The van der Waals surface area contributed by atoms with Crippen LogP contribution in [0.5, 0.6) is 0 Å². The summed E-state index contributed by atoms with van der Waals surface area (Å²) in [6.45, 7) is 4.45. The van der Waals surface area contributed by atoms with Crippen LogP contribution in [0.2, 0.25) is 12.6 Å². The lowest BCUT2D eigenvalue weighted by Gasteiger charge is -2.20. The minimum Gasteiger partial charge on any atom is -0.393 e. The van der Waals surface area contributed by atoms with Gasteiger partial charge >= 0.3 is 11.9 Å². The molecule has 0 aromatic carbocycles. The van der Waals surface area contributed by atoms with Crippen molar-refractivity contribution in [3.8, 4) is 0 Å². The van der Waals surface area contributed by atoms with Gasteiger partial charge in [-0.1, -0.05) is 45.2 Å². The molecule has 0 radical (unpaired) electrons. The highest BCUT2D eigenvalue weighted by atomic mass is 16.6. The minimum atomic E-state index is -0.358. The summed E-state index contributed by atoms with van der Waals surface area (Å²) in [7, 11) is 1.22. The maximum Gasteiger partial charge on any atom is 0.316 e. The van der Waals surface area contributed by atoms with Crippen LogP contribution in [0.15, 0.2) is 0 Å². The highest BCUT2D eigenvalue weighted by Crippen LogP contribution is 2.25. The highest BCUT2D eigenvalue weighted by molar-refractivity contribution is 6.35. The van der Waals surface area contributed by atoms with E-state index in [1.165, 1.54) is 26.5 Å². The van der Waals surface area contributed by atoms with E-state index in [1.807, 2.05) is 0 Å². The summed E-state index contributed by atoms with van der Waals surface area (Å²) in [5.74, 6) is 0.0986. The molecule has 17 heavy (non-hydrogen) atoms. The quantitative estimate of drug-likeness (QED) is 0.389. The van der Waals surface area contributed by atoms with Crippen molar-refractivity contribution in [3.05, 3.63) is 0 Å². The lowest BCUT2D eigenvalue weighted by Crippen LogP contribution is -2.27. The van der Waals surface area contributed by atoms with Gasteiger partial charge in [0.15, 0.2) is 0 Å². The van der Waals surface area contributed by atoms with Gasteiger partial charge in [-0.25, -0.2) is 0 Å². The lowest BCUT2D eigenvalue weighted by atomic mass is 9.63. The highest BCUT2D eigenvalue weighted by Gasteiger charge is 2.28. The number of cyclic esters (lactones) is 2. The minimum absolute atomic E-state index is 0.0353. The number of carbonyl (C=O) groups is 2. The van der Waals surface area contributed by atoms with E-state index >= 15 is 0 Å². The first-order valence-electron chi connectivity index (χ1n) is 6.91. The second kappa shape index (κ2) is 7.52. The third-order valence-corrected chi connectivity index (χ3v) is 3.68. The van der Waals surface area contributed by atoms with Crippen molar-refractivity contribution >= 4 is 19.2 Å². The van der Waals surface area contributed by atoms with Gasteiger partial charge in [-0.15, -0.1) is 0 Å². The Morgan fingerprint density at radius 1 is 1.41 bits per heavy atom. The fourth-order valence-corrected chi connectivity index (χ4v) is 2.53. The van der Waals surface area contributed by atoms with Crippen molar-refractivity contribution in [2.75, 3.05) is 0 Å². The molecular formula is C13H23BO3. The summed E-state index contributed by atoms with van der Waals surface area (Å²) >= 11 is 0. The van der Waals surface area contributed by atoms with Crippen molar-refractivity contribution in [2.24, 2.45) is 5.92 Å². The molecule has 96 valence electrons. The summed E-state index contributed by atoms with van der Waals surface area (Å²) in [5.41, 5.74) is 0. The van der Waals surface area contributed by atoms with Gasteiger partial charge in [0.1, 0.15) is 7.28 Å². The zero-order chi connectivity index (χ0) is 12.7. The van der Waals surface area contributed by atoms with Crippen LogP contribution in [0, 0.1) is 5.92 Å². The molecule has 0 aliphatic carbocycles. The van der Waals surface area contributed by atoms with E-state index in [0.717, 1.165) is 18.7 Å². The number of rotatable bonds is 7. The molecule has 1 heterocycles. The third-order valence-electron chi connectivity index (χ3n) is 3.68. The van der Waals surface area contributed by atoms with Crippen LogP contribution >= 0.6 is 0 Å². The normalized spacial score (nSPS) is 22.1. The average molecular weight is 238 g/mol. The largest absolute Gasteiger partial charge is 0.393 e. The van der Waals surface area contributed by atoms with Crippen LogP contribution < -0.4 is 0 Å². The molecule has 0 spiro atoms. The number of ether oxygens (including phenoxy) is 1. The Balaban J connectivity index is 2.21. The zero-order valence-corrected chi connectivity index (χ0v) is 11.0. The van der Waals surface area contributed by atoms with E-state index in [0.29, 0.717) is 12.8 Å². The summed E-state index contributed by atoms with van der Waals surface area (Å²) in [4.78, 5) is 22.3. The topological polar surface area (TPSA) is 43.4 Å². The van der Waals surface area contributed by atoms with E-state index < -0.39 is 0 Å². The zero-order valence-electron chi connectivity index (χ0n) is 11.0. The molecule has 1 aliphatic rings. The summed E-state index contributed by atoms with van der Waals surface area (Å²) < 4.78 is 4.65. The molecule has 0 aromatic heterocycles. The van der Waals surface area contributed by atoms with Crippen molar-refractivity contribution < 1.29 is 14.3 Å². The van der Waals surface area contributed by atoms with Crippen molar-refractivity contribution in [3.63, 3.8) is 0 Å². The summed E-state index contributed by atoms with van der Waals surface area (Å²) in [6.07, 6.45) is 6.76. The Bertz CT molecular complexity index is 265. The van der Waals surface area contributed by atoms with Gasteiger partial charge in [0.05, 0.1) is 5.92 Å². The predicted molar refractivity (Wildman–Crippen MR) is 69.3 cm³/mol. The first-order valence-corrected chi connectivity index (χ1v) is 6.91. The van der Waals surface area contributed by atoms with E-state index in [9.17, 15) is 9.59 Å². The number of esters is 2. The van der Waals surface area contributed by atoms with Gasteiger partial charge in [-0.3, -0.25) is 9.59 Å². The smallest absolute Gasteiger partial charge is 0.316 e. The van der Waals surface area contributed by atoms with E-state index in [-0.39, 0.29) is 17.9 Å². The standard InChI is InChI=1S/C13H23BO3/c1-3-5-11(14-2)7-4-6-10-8-9-12(15)17-13(10)16/h10-11,14H,3-9H2,1-2H3. The average Bonchev–Trinajstić information content (AvgIpc) is 2.30. The molecule has 1 aliphatic heterocycles. The molecule has 4 heteroatoms. The molecule has 0 aromatic rings. The van der Waals surface area contributed by atoms with Gasteiger partial charge in [-0.2, -0.15) is 0 Å². The van der Waals surface area contributed by atoms with Crippen LogP contribution in [0.4, 0.5) is 0 Å². The monoisotopic (exact) mass is 238 g/mol. The molecule has 0 N–H and O–H groups in total. The maximum atomic E-state index is 11.4. The van der Waals surface area contributed by atoms with Crippen LogP contribution in [-0.2, 0) is 14.3 Å². The molecule has 0 bridgehead atoms. The second-order valence-corrected chi connectivity index (χ2v) is 5.02. The Hall–Kier alpha value is -0.795. The van der Waals surface area contributed by atoms with E-state index in [4.69, 9.17) is 0 Å². The van der Waals surface area contributed by atoms with Gasteiger partial charge in [0.2, 0.25) is 0 Å². The molecule has 1 rings (SSSR count). The fraction of sp³-hybridized carbons (Fsp3) is 0.846. The van der Waals surface area contributed by atoms with Crippen molar-refractivity contribution in [2.45, 2.75) is 64.5 Å². The predicted octanol–water partition coefficient (Wildman–Crippen LogP) is 2.71. The second-order valence-electron chi connectivity index (χ2n) is 5.02. The first-order chi connectivity index (χ1) is 8.17. The van der Waals surface area contributed by atoms with Gasteiger partial charge in [0.25, 0.3) is 0 Å². The van der Waals surface area contributed by atoms with E-state index in [1.54, 1.807) is 0 Å². The molecule has 0 saturated carbocycles.